The van der Waals surface area contributed by atoms with E-state index in [1.165, 1.54) is 6.21 Å². The Balaban J connectivity index is 1.62. The number of aromatic nitrogens is 4. The third-order valence-electron chi connectivity index (χ3n) is 4.83. The minimum atomic E-state index is 0.0881. The lowest BCUT2D eigenvalue weighted by Gasteiger charge is -2.09. The van der Waals surface area contributed by atoms with E-state index >= 15 is 0 Å². The van der Waals surface area contributed by atoms with E-state index in [2.05, 4.69) is 20.6 Å². The molecule has 2 heterocycles. The molecule has 0 aliphatic rings. The summed E-state index contributed by atoms with van der Waals surface area (Å²) in [5.41, 5.74) is 6.26. The van der Waals surface area contributed by atoms with Crippen molar-refractivity contribution in [2.75, 3.05) is 12.0 Å². The highest BCUT2D eigenvalue weighted by molar-refractivity contribution is 5.84. The number of aromatic hydroxyl groups is 1. The zero-order valence-corrected chi connectivity index (χ0v) is 18.9. The number of anilines is 1. The van der Waals surface area contributed by atoms with Gasteiger partial charge in [-0.1, -0.05) is 37.3 Å². The quantitative estimate of drug-likeness (QED) is 0.298. The normalized spacial score (nSPS) is 11.1. The zero-order valence-electron chi connectivity index (χ0n) is 18.9. The Hall–Kier alpha value is -4.20. The van der Waals surface area contributed by atoms with Gasteiger partial charge in [0, 0.05) is 29.0 Å². The topological polar surface area (TPSA) is 97.5 Å². The first kappa shape index (κ1) is 22.0. The number of phenolic OH excluding ortho intramolecular Hbond substituents is 1. The smallest absolute Gasteiger partial charge is 0.164 e. The number of ether oxygens (including phenoxy) is 1. The van der Waals surface area contributed by atoms with Crippen LogP contribution in [-0.2, 0) is 0 Å². The van der Waals surface area contributed by atoms with Crippen LogP contribution in [0.15, 0.2) is 65.8 Å². The van der Waals surface area contributed by atoms with Gasteiger partial charge in [-0.25, -0.2) is 14.6 Å². The fourth-order valence-electron chi connectivity index (χ4n) is 3.29. The summed E-state index contributed by atoms with van der Waals surface area (Å²) < 4.78 is 7.32. The van der Waals surface area contributed by atoms with Gasteiger partial charge in [-0.15, -0.1) is 0 Å². The SMILES string of the molecule is CCCOc1ccc(/C=N/Nc2cc(-n3nc(C)cc3C)nc(-c3ccccc3)n2)c(O)c1. The van der Waals surface area contributed by atoms with Crippen LogP contribution in [0.25, 0.3) is 17.2 Å². The Bertz CT molecular complexity index is 1270. The lowest BCUT2D eigenvalue weighted by Crippen LogP contribution is -2.06. The van der Waals surface area contributed by atoms with E-state index in [-0.39, 0.29) is 5.75 Å². The summed E-state index contributed by atoms with van der Waals surface area (Å²) in [6, 6.07) is 18.6. The average molecular weight is 443 g/mol. The fourth-order valence-corrected chi connectivity index (χ4v) is 3.29. The summed E-state index contributed by atoms with van der Waals surface area (Å²) in [5, 5.41) is 19.1. The number of hydrogen-bond acceptors (Lipinski definition) is 7. The van der Waals surface area contributed by atoms with Gasteiger partial charge >= 0.3 is 0 Å². The van der Waals surface area contributed by atoms with Crippen LogP contribution < -0.4 is 10.2 Å². The molecule has 0 radical (unpaired) electrons. The number of nitrogens with zero attached hydrogens (tertiary/aromatic N) is 5. The lowest BCUT2D eigenvalue weighted by molar-refractivity contribution is 0.315. The molecule has 2 aromatic carbocycles. The van der Waals surface area contributed by atoms with E-state index in [0.717, 1.165) is 23.4 Å². The summed E-state index contributed by atoms with van der Waals surface area (Å²) in [4.78, 5) is 9.31. The molecule has 0 aliphatic heterocycles. The van der Waals surface area contributed by atoms with Crippen molar-refractivity contribution in [3.05, 3.63) is 77.6 Å². The maximum Gasteiger partial charge on any atom is 0.164 e. The van der Waals surface area contributed by atoms with Crippen LogP contribution in [0.1, 0.15) is 30.3 Å². The number of nitrogens with one attached hydrogen (secondary N) is 1. The Morgan fingerprint density at radius 2 is 1.88 bits per heavy atom. The second-order valence-corrected chi connectivity index (χ2v) is 7.58. The summed E-state index contributed by atoms with van der Waals surface area (Å²) in [5.74, 6) is 2.40. The van der Waals surface area contributed by atoms with Crippen LogP contribution in [0.2, 0.25) is 0 Å². The molecule has 0 unspecified atom stereocenters. The highest BCUT2D eigenvalue weighted by Gasteiger charge is 2.11. The fraction of sp³-hybridized carbons (Fsp3) is 0.200. The number of hydrogen-bond donors (Lipinski definition) is 2. The summed E-state index contributed by atoms with van der Waals surface area (Å²) >= 11 is 0. The van der Waals surface area contributed by atoms with Crippen LogP contribution in [0.3, 0.4) is 0 Å². The minimum absolute atomic E-state index is 0.0881. The van der Waals surface area contributed by atoms with Crippen molar-refractivity contribution >= 4 is 12.0 Å². The predicted molar refractivity (Wildman–Crippen MR) is 129 cm³/mol. The van der Waals surface area contributed by atoms with Gasteiger partial charge in [0.2, 0.25) is 0 Å². The molecule has 0 atom stereocenters. The first-order valence-electron chi connectivity index (χ1n) is 10.8. The van der Waals surface area contributed by atoms with E-state index in [4.69, 9.17) is 9.72 Å². The van der Waals surface area contributed by atoms with Gasteiger partial charge in [0.15, 0.2) is 17.5 Å². The van der Waals surface area contributed by atoms with Gasteiger partial charge < -0.3 is 9.84 Å². The lowest BCUT2D eigenvalue weighted by atomic mass is 10.2. The summed E-state index contributed by atoms with van der Waals surface area (Å²) in [6.45, 7) is 6.55. The molecule has 0 bridgehead atoms. The molecule has 0 fully saturated rings. The van der Waals surface area contributed by atoms with Crippen molar-refractivity contribution in [3.8, 4) is 28.7 Å². The van der Waals surface area contributed by atoms with Crippen molar-refractivity contribution in [1.82, 2.24) is 19.7 Å². The largest absolute Gasteiger partial charge is 0.507 e. The molecule has 0 saturated carbocycles. The summed E-state index contributed by atoms with van der Waals surface area (Å²) in [6.07, 6.45) is 2.43. The van der Waals surface area contributed by atoms with E-state index in [0.29, 0.717) is 35.4 Å². The molecular formula is C25H26N6O2. The van der Waals surface area contributed by atoms with Crippen LogP contribution >= 0.6 is 0 Å². The predicted octanol–water partition coefficient (Wildman–Crippen LogP) is 4.89. The van der Waals surface area contributed by atoms with Gasteiger partial charge in [0.25, 0.3) is 0 Å². The van der Waals surface area contributed by atoms with Gasteiger partial charge in [0.1, 0.15) is 11.5 Å². The van der Waals surface area contributed by atoms with Crippen LogP contribution in [0.5, 0.6) is 11.5 Å². The number of aryl methyl sites for hydroxylation is 2. The van der Waals surface area contributed by atoms with Crippen LogP contribution in [0.4, 0.5) is 5.82 Å². The molecule has 168 valence electrons. The molecule has 8 heteroatoms. The molecule has 0 aliphatic carbocycles. The molecule has 0 saturated heterocycles. The number of hydrazone groups is 1. The first-order valence-corrected chi connectivity index (χ1v) is 10.8. The molecule has 4 rings (SSSR count). The molecule has 8 nitrogen and oxygen atoms in total. The molecule has 0 spiro atoms. The van der Waals surface area contributed by atoms with Crippen molar-refractivity contribution in [1.29, 1.82) is 0 Å². The summed E-state index contributed by atoms with van der Waals surface area (Å²) in [7, 11) is 0. The average Bonchev–Trinajstić information content (AvgIpc) is 3.17. The van der Waals surface area contributed by atoms with Gasteiger partial charge in [-0.2, -0.15) is 10.2 Å². The number of benzene rings is 2. The molecule has 0 amide bonds. The number of rotatable bonds is 8. The molecular weight excluding hydrogens is 416 g/mol. The van der Waals surface area contributed by atoms with Crippen LogP contribution in [0, 0.1) is 13.8 Å². The Morgan fingerprint density at radius 1 is 1.06 bits per heavy atom. The third kappa shape index (κ3) is 5.35. The molecule has 4 aromatic rings. The van der Waals surface area contributed by atoms with E-state index < -0.39 is 0 Å². The Labute approximate surface area is 192 Å². The molecule has 2 aromatic heterocycles. The Morgan fingerprint density at radius 3 is 2.58 bits per heavy atom. The monoisotopic (exact) mass is 442 g/mol. The first-order chi connectivity index (χ1) is 16.0. The highest BCUT2D eigenvalue weighted by Crippen LogP contribution is 2.23. The van der Waals surface area contributed by atoms with Crippen molar-refractivity contribution in [2.45, 2.75) is 27.2 Å². The third-order valence-corrected chi connectivity index (χ3v) is 4.83. The number of phenols is 1. The van der Waals surface area contributed by atoms with Crippen molar-refractivity contribution < 1.29 is 9.84 Å². The highest BCUT2D eigenvalue weighted by atomic mass is 16.5. The molecule has 2 N–H and O–H groups in total. The second kappa shape index (κ2) is 9.95. The van der Waals surface area contributed by atoms with E-state index in [1.807, 2.05) is 57.2 Å². The Kier molecular flexibility index (Phi) is 6.64. The minimum Gasteiger partial charge on any atom is -0.507 e. The second-order valence-electron chi connectivity index (χ2n) is 7.58. The molecule has 33 heavy (non-hydrogen) atoms. The van der Waals surface area contributed by atoms with Gasteiger partial charge in [-0.3, -0.25) is 5.43 Å². The van der Waals surface area contributed by atoms with E-state index in [1.54, 1.807) is 28.9 Å². The van der Waals surface area contributed by atoms with E-state index in [9.17, 15) is 5.11 Å². The maximum absolute atomic E-state index is 10.3. The standard InChI is InChI=1S/C25H26N6O2/c1-4-12-33-21-11-10-20(22(32)14-21)16-26-29-23-15-24(31-18(3)13-17(2)30-31)28-25(27-23)19-8-6-5-7-9-19/h5-11,13-16,32H,4,12H2,1-3H3,(H,27,28,29)/b26-16+. The van der Waals surface area contributed by atoms with Gasteiger partial charge in [0.05, 0.1) is 18.5 Å². The zero-order chi connectivity index (χ0) is 23.2. The maximum atomic E-state index is 10.3. The van der Waals surface area contributed by atoms with Gasteiger partial charge in [-0.05, 0) is 38.5 Å². The van der Waals surface area contributed by atoms with Crippen molar-refractivity contribution in [3.63, 3.8) is 0 Å². The van der Waals surface area contributed by atoms with Crippen molar-refractivity contribution in [2.24, 2.45) is 5.10 Å². The van der Waals surface area contributed by atoms with Crippen LogP contribution in [-0.4, -0.2) is 37.7 Å².